The first-order chi connectivity index (χ1) is 10.6. The molecule has 0 aliphatic heterocycles. The molecule has 116 valence electrons. The van der Waals surface area contributed by atoms with Gasteiger partial charge >= 0.3 is 0 Å². The molecule has 0 aliphatic rings. The molecule has 2 rings (SSSR count). The second kappa shape index (κ2) is 7.18. The molecule has 0 fully saturated rings. The first-order valence-corrected chi connectivity index (χ1v) is 7.26. The number of ether oxygens (including phenoxy) is 1. The maximum Gasteiger partial charge on any atom is 0.251 e. The van der Waals surface area contributed by atoms with Gasteiger partial charge < -0.3 is 10.1 Å². The Kier molecular flexibility index (Phi) is 5.28. The van der Waals surface area contributed by atoms with E-state index in [1.165, 1.54) is 24.3 Å². The SMILES string of the molecule is CCC(CNC(=O)c1ccc(F)cc1)(OC)c1ccccc1. The van der Waals surface area contributed by atoms with Crippen LogP contribution < -0.4 is 5.32 Å². The molecule has 1 amide bonds. The van der Waals surface area contributed by atoms with Gasteiger partial charge in [0.25, 0.3) is 5.91 Å². The van der Waals surface area contributed by atoms with Gasteiger partial charge in [0.1, 0.15) is 11.4 Å². The first kappa shape index (κ1) is 16.2. The smallest absolute Gasteiger partial charge is 0.251 e. The minimum absolute atomic E-state index is 0.245. The van der Waals surface area contributed by atoms with Crippen molar-refractivity contribution >= 4 is 5.91 Å². The molecule has 4 heteroatoms. The molecular formula is C18H20FNO2. The first-order valence-electron chi connectivity index (χ1n) is 7.26. The summed E-state index contributed by atoms with van der Waals surface area (Å²) in [6.07, 6.45) is 0.719. The van der Waals surface area contributed by atoms with E-state index < -0.39 is 5.60 Å². The highest BCUT2D eigenvalue weighted by atomic mass is 19.1. The quantitative estimate of drug-likeness (QED) is 0.886. The number of carbonyl (C=O) groups excluding carboxylic acids is 1. The van der Waals surface area contributed by atoms with Gasteiger partial charge in [0.2, 0.25) is 0 Å². The van der Waals surface area contributed by atoms with Crippen LogP contribution in [-0.2, 0) is 10.3 Å². The van der Waals surface area contributed by atoms with E-state index in [-0.39, 0.29) is 11.7 Å². The third kappa shape index (κ3) is 3.52. The number of methoxy groups -OCH3 is 1. The zero-order valence-corrected chi connectivity index (χ0v) is 12.8. The summed E-state index contributed by atoms with van der Waals surface area (Å²) < 4.78 is 18.6. The molecule has 3 nitrogen and oxygen atoms in total. The van der Waals surface area contributed by atoms with Gasteiger partial charge in [0.15, 0.2) is 0 Å². The van der Waals surface area contributed by atoms with E-state index in [1.54, 1.807) is 7.11 Å². The molecule has 0 spiro atoms. The molecule has 2 aromatic rings. The van der Waals surface area contributed by atoms with Crippen molar-refractivity contribution in [1.82, 2.24) is 5.32 Å². The zero-order chi connectivity index (χ0) is 16.0. The highest BCUT2D eigenvalue weighted by Crippen LogP contribution is 2.28. The predicted molar refractivity (Wildman–Crippen MR) is 84.2 cm³/mol. The van der Waals surface area contributed by atoms with E-state index in [2.05, 4.69) is 5.32 Å². The lowest BCUT2D eigenvalue weighted by atomic mass is 9.90. The summed E-state index contributed by atoms with van der Waals surface area (Å²) in [6, 6.07) is 15.3. The van der Waals surface area contributed by atoms with Crippen molar-refractivity contribution in [3.05, 3.63) is 71.5 Å². The van der Waals surface area contributed by atoms with Crippen LogP contribution in [-0.4, -0.2) is 19.6 Å². The third-order valence-corrected chi connectivity index (χ3v) is 3.90. The summed E-state index contributed by atoms with van der Waals surface area (Å²) in [5.41, 5.74) is 0.867. The number of amides is 1. The van der Waals surface area contributed by atoms with Crippen LogP contribution in [0.15, 0.2) is 54.6 Å². The Bertz CT molecular complexity index is 607. The van der Waals surface area contributed by atoms with Crippen LogP contribution in [0.2, 0.25) is 0 Å². The van der Waals surface area contributed by atoms with E-state index in [1.807, 2.05) is 37.3 Å². The Morgan fingerprint density at radius 2 is 1.77 bits per heavy atom. The summed E-state index contributed by atoms with van der Waals surface area (Å²) in [5, 5.41) is 2.87. The second-order valence-corrected chi connectivity index (χ2v) is 5.11. The molecule has 0 radical (unpaired) electrons. The summed E-state index contributed by atoms with van der Waals surface area (Å²) in [6.45, 7) is 2.36. The fraction of sp³-hybridized carbons (Fsp3) is 0.278. The minimum atomic E-state index is -0.572. The van der Waals surface area contributed by atoms with Gasteiger partial charge in [-0.15, -0.1) is 0 Å². The Labute approximate surface area is 130 Å². The molecular weight excluding hydrogens is 281 g/mol. The average Bonchev–Trinajstić information content (AvgIpc) is 2.57. The predicted octanol–water partition coefficient (Wildman–Crippen LogP) is 3.51. The van der Waals surface area contributed by atoms with Gasteiger partial charge in [-0.05, 0) is 36.2 Å². The van der Waals surface area contributed by atoms with Crippen LogP contribution in [0.4, 0.5) is 4.39 Å². The Hall–Kier alpha value is -2.20. The molecule has 0 saturated heterocycles. The number of rotatable bonds is 6. The van der Waals surface area contributed by atoms with Gasteiger partial charge in [0, 0.05) is 12.7 Å². The van der Waals surface area contributed by atoms with Gasteiger partial charge in [-0.25, -0.2) is 4.39 Å². The number of nitrogens with one attached hydrogen (secondary N) is 1. The van der Waals surface area contributed by atoms with Crippen LogP contribution in [0.3, 0.4) is 0 Å². The normalized spacial score (nSPS) is 13.4. The fourth-order valence-electron chi connectivity index (χ4n) is 2.43. The van der Waals surface area contributed by atoms with Crippen LogP contribution in [0.25, 0.3) is 0 Å². The van der Waals surface area contributed by atoms with E-state index in [0.29, 0.717) is 12.1 Å². The third-order valence-electron chi connectivity index (χ3n) is 3.90. The second-order valence-electron chi connectivity index (χ2n) is 5.11. The molecule has 0 aromatic heterocycles. The van der Waals surface area contributed by atoms with Crippen molar-refractivity contribution in [1.29, 1.82) is 0 Å². The molecule has 0 saturated carbocycles. The van der Waals surface area contributed by atoms with E-state index in [9.17, 15) is 9.18 Å². The number of halogens is 1. The minimum Gasteiger partial charge on any atom is -0.372 e. The molecule has 22 heavy (non-hydrogen) atoms. The van der Waals surface area contributed by atoms with Crippen LogP contribution in [0.1, 0.15) is 29.3 Å². The largest absolute Gasteiger partial charge is 0.372 e. The Morgan fingerprint density at radius 3 is 2.32 bits per heavy atom. The highest BCUT2D eigenvalue weighted by molar-refractivity contribution is 5.94. The van der Waals surface area contributed by atoms with Gasteiger partial charge in [-0.3, -0.25) is 4.79 Å². The van der Waals surface area contributed by atoms with Crippen molar-refractivity contribution in [2.45, 2.75) is 18.9 Å². The van der Waals surface area contributed by atoms with E-state index in [0.717, 1.165) is 12.0 Å². The maximum absolute atomic E-state index is 12.9. The fourth-order valence-corrected chi connectivity index (χ4v) is 2.43. The standard InChI is InChI=1S/C18H20FNO2/c1-3-18(22-2,15-7-5-4-6-8-15)13-20-17(21)14-9-11-16(19)12-10-14/h4-12H,3,13H2,1-2H3,(H,20,21). The highest BCUT2D eigenvalue weighted by Gasteiger charge is 2.30. The van der Waals surface area contributed by atoms with Gasteiger partial charge in [0.05, 0.1) is 6.54 Å². The number of benzene rings is 2. The van der Waals surface area contributed by atoms with E-state index >= 15 is 0 Å². The lowest BCUT2D eigenvalue weighted by molar-refractivity contribution is -0.0164. The average molecular weight is 301 g/mol. The molecule has 1 atom stereocenters. The van der Waals surface area contributed by atoms with Gasteiger partial charge in [-0.1, -0.05) is 37.3 Å². The topological polar surface area (TPSA) is 38.3 Å². The number of hydrogen-bond donors (Lipinski definition) is 1. The number of carbonyl (C=O) groups is 1. The molecule has 0 heterocycles. The van der Waals surface area contributed by atoms with E-state index in [4.69, 9.17) is 4.74 Å². The van der Waals surface area contributed by atoms with Gasteiger partial charge in [-0.2, -0.15) is 0 Å². The lowest BCUT2D eigenvalue weighted by Gasteiger charge is -2.32. The Morgan fingerprint density at radius 1 is 1.14 bits per heavy atom. The summed E-state index contributed by atoms with van der Waals surface area (Å²) in [4.78, 5) is 12.2. The van der Waals surface area contributed by atoms with Crippen molar-refractivity contribution in [3.63, 3.8) is 0 Å². The summed E-state index contributed by atoms with van der Waals surface area (Å²) in [5.74, 6) is -0.605. The lowest BCUT2D eigenvalue weighted by Crippen LogP contribution is -2.41. The Balaban J connectivity index is 2.12. The number of hydrogen-bond acceptors (Lipinski definition) is 2. The van der Waals surface area contributed by atoms with Crippen molar-refractivity contribution < 1.29 is 13.9 Å². The van der Waals surface area contributed by atoms with Crippen LogP contribution in [0, 0.1) is 5.82 Å². The van der Waals surface area contributed by atoms with Crippen molar-refractivity contribution in [2.24, 2.45) is 0 Å². The molecule has 0 aliphatic carbocycles. The van der Waals surface area contributed by atoms with Crippen LogP contribution >= 0.6 is 0 Å². The molecule has 1 unspecified atom stereocenters. The summed E-state index contributed by atoms with van der Waals surface area (Å²) in [7, 11) is 1.64. The monoisotopic (exact) mass is 301 g/mol. The molecule has 0 bridgehead atoms. The van der Waals surface area contributed by atoms with Crippen LogP contribution in [0.5, 0.6) is 0 Å². The molecule has 1 N–H and O–H groups in total. The molecule has 2 aromatic carbocycles. The van der Waals surface area contributed by atoms with Crippen molar-refractivity contribution in [3.8, 4) is 0 Å². The van der Waals surface area contributed by atoms with Crippen molar-refractivity contribution in [2.75, 3.05) is 13.7 Å². The maximum atomic E-state index is 12.9. The zero-order valence-electron chi connectivity index (χ0n) is 12.8. The summed E-state index contributed by atoms with van der Waals surface area (Å²) >= 11 is 0.